The van der Waals surface area contributed by atoms with Gasteiger partial charge in [-0.15, -0.1) is 0 Å². The van der Waals surface area contributed by atoms with Gasteiger partial charge in [-0.3, -0.25) is 0 Å². The molecular weight excluding hydrogens is 343 g/mol. The van der Waals surface area contributed by atoms with E-state index in [-0.39, 0.29) is 0 Å². The van der Waals surface area contributed by atoms with Crippen molar-refractivity contribution in [2.75, 3.05) is 20.6 Å². The van der Waals surface area contributed by atoms with Gasteiger partial charge in [0.1, 0.15) is 0 Å². The number of alkyl halides is 3. The van der Waals surface area contributed by atoms with Crippen LogP contribution in [0.1, 0.15) is 29.5 Å². The molecule has 0 atom stereocenters. The fourth-order valence-corrected chi connectivity index (χ4v) is 3.99. The average molecular weight is 363 g/mol. The molecule has 2 aromatic carbocycles. The highest BCUT2D eigenvalue weighted by Gasteiger charge is 2.31. The number of rotatable bonds is 4. The summed E-state index contributed by atoms with van der Waals surface area (Å²) < 4.78 is 39.2. The van der Waals surface area contributed by atoms with Gasteiger partial charge in [-0.1, -0.05) is 30.0 Å². The summed E-state index contributed by atoms with van der Waals surface area (Å²) in [5.74, 6) is 0. The predicted molar refractivity (Wildman–Crippen MR) is 97.7 cm³/mol. The topological polar surface area (TPSA) is 3.24 Å². The highest BCUT2D eigenvalue weighted by atomic mass is 32.2. The molecule has 1 aliphatic heterocycles. The lowest BCUT2D eigenvalue weighted by atomic mass is 9.97. The summed E-state index contributed by atoms with van der Waals surface area (Å²) in [6.07, 6.45) is -0.589. The van der Waals surface area contributed by atoms with E-state index >= 15 is 0 Å². The molecule has 0 bridgehead atoms. The highest BCUT2D eigenvalue weighted by molar-refractivity contribution is 7.99. The molecule has 0 N–H and O–H groups in total. The van der Waals surface area contributed by atoms with Gasteiger partial charge >= 0.3 is 6.18 Å². The third-order valence-corrected chi connectivity index (χ3v) is 5.34. The zero-order chi connectivity index (χ0) is 18.0. The Morgan fingerprint density at radius 1 is 1.00 bits per heavy atom. The molecule has 0 aromatic heterocycles. The maximum atomic E-state index is 13.1. The van der Waals surface area contributed by atoms with Gasteiger partial charge in [0.05, 0.1) is 5.56 Å². The van der Waals surface area contributed by atoms with Crippen LogP contribution in [0.3, 0.4) is 0 Å². The zero-order valence-electron chi connectivity index (χ0n) is 14.2. The van der Waals surface area contributed by atoms with Crippen molar-refractivity contribution in [2.45, 2.75) is 28.8 Å². The summed E-state index contributed by atoms with van der Waals surface area (Å²) in [6, 6.07) is 12.1. The third-order valence-electron chi connectivity index (χ3n) is 4.17. The van der Waals surface area contributed by atoms with E-state index in [1.807, 2.05) is 38.4 Å². The van der Waals surface area contributed by atoms with Crippen LogP contribution in [0.5, 0.6) is 0 Å². The first-order chi connectivity index (χ1) is 11.8. The second-order valence-electron chi connectivity index (χ2n) is 6.42. The molecule has 2 aromatic rings. The molecule has 0 fully saturated rings. The zero-order valence-corrected chi connectivity index (χ0v) is 15.0. The van der Waals surface area contributed by atoms with Gasteiger partial charge in [-0.2, -0.15) is 13.2 Å². The quantitative estimate of drug-likeness (QED) is 0.650. The fourth-order valence-electron chi connectivity index (χ4n) is 2.93. The van der Waals surface area contributed by atoms with Crippen LogP contribution in [0.15, 0.2) is 52.3 Å². The van der Waals surface area contributed by atoms with Gasteiger partial charge < -0.3 is 4.90 Å². The maximum Gasteiger partial charge on any atom is 0.416 e. The lowest BCUT2D eigenvalue weighted by Gasteiger charge is -2.12. The number of allylic oxidation sites excluding steroid dienone is 1. The Labute approximate surface area is 150 Å². The van der Waals surface area contributed by atoms with Crippen molar-refractivity contribution in [3.8, 4) is 0 Å². The molecule has 1 aliphatic rings. The first-order valence-electron chi connectivity index (χ1n) is 8.18. The molecule has 132 valence electrons. The number of nitrogens with zero attached hydrogens (tertiary/aromatic N) is 1. The van der Waals surface area contributed by atoms with Gasteiger partial charge in [-0.25, -0.2) is 0 Å². The molecule has 3 rings (SSSR count). The van der Waals surface area contributed by atoms with Gasteiger partial charge in [-0.05, 0) is 80.5 Å². The molecule has 0 radical (unpaired) electrons. The van der Waals surface area contributed by atoms with Gasteiger partial charge in [0.15, 0.2) is 0 Å². The summed E-state index contributed by atoms with van der Waals surface area (Å²) in [6.45, 7) is 0.947. The van der Waals surface area contributed by atoms with Crippen LogP contribution in [-0.2, 0) is 6.18 Å². The van der Waals surface area contributed by atoms with E-state index in [1.165, 1.54) is 23.9 Å². The second kappa shape index (κ2) is 7.26. The van der Waals surface area contributed by atoms with Crippen molar-refractivity contribution in [2.24, 2.45) is 0 Å². The van der Waals surface area contributed by atoms with Crippen LogP contribution in [0.4, 0.5) is 13.2 Å². The Bertz CT molecular complexity index is 794. The first kappa shape index (κ1) is 18.1. The molecule has 0 saturated heterocycles. The minimum absolute atomic E-state index is 0.596. The normalized spacial score (nSPS) is 13.9. The minimum atomic E-state index is -4.32. The fraction of sp³-hybridized carbons (Fsp3) is 0.300. The smallest absolute Gasteiger partial charge is 0.309 e. The summed E-state index contributed by atoms with van der Waals surface area (Å²) in [5.41, 5.74) is 2.27. The Balaban J connectivity index is 2.03. The largest absolute Gasteiger partial charge is 0.416 e. The monoisotopic (exact) mass is 363 g/mol. The molecule has 0 spiro atoms. The number of halogens is 3. The van der Waals surface area contributed by atoms with Crippen molar-refractivity contribution in [3.63, 3.8) is 0 Å². The SMILES string of the molecule is CN(C)CCCC1=Cc2cc(C(F)(F)F)ccc2Sc2ccccc21. The molecule has 0 unspecified atom stereocenters. The van der Waals surface area contributed by atoms with E-state index < -0.39 is 11.7 Å². The van der Waals surface area contributed by atoms with Crippen molar-refractivity contribution in [1.82, 2.24) is 4.90 Å². The number of fused-ring (bicyclic) bond motifs is 2. The lowest BCUT2D eigenvalue weighted by molar-refractivity contribution is -0.137. The van der Waals surface area contributed by atoms with Gasteiger partial charge in [0, 0.05) is 9.79 Å². The molecule has 0 amide bonds. The van der Waals surface area contributed by atoms with E-state index in [0.717, 1.165) is 40.3 Å². The predicted octanol–water partition coefficient (Wildman–Crippen LogP) is 6.05. The van der Waals surface area contributed by atoms with Crippen LogP contribution in [0, 0.1) is 0 Å². The Kier molecular flexibility index (Phi) is 5.25. The number of benzene rings is 2. The van der Waals surface area contributed by atoms with E-state index in [2.05, 4.69) is 11.0 Å². The molecule has 1 heterocycles. The molecule has 0 aliphatic carbocycles. The Morgan fingerprint density at radius 2 is 1.76 bits per heavy atom. The summed E-state index contributed by atoms with van der Waals surface area (Å²) >= 11 is 1.54. The van der Waals surface area contributed by atoms with E-state index in [9.17, 15) is 13.2 Å². The average Bonchev–Trinajstić information content (AvgIpc) is 2.69. The molecule has 1 nitrogen and oxygen atoms in total. The standard InChI is InChI=1S/C20H20F3NS/c1-24(2)11-5-6-14-12-15-13-16(20(21,22)23)9-10-18(15)25-19-8-4-3-7-17(14)19/h3-4,7-10,12-13H,5-6,11H2,1-2H3. The van der Waals surface area contributed by atoms with Crippen molar-refractivity contribution < 1.29 is 13.2 Å². The Morgan fingerprint density at radius 3 is 2.48 bits per heavy atom. The van der Waals surface area contributed by atoms with Crippen LogP contribution in [0.25, 0.3) is 11.6 Å². The van der Waals surface area contributed by atoms with Crippen LogP contribution in [0.2, 0.25) is 0 Å². The molecule has 5 heteroatoms. The lowest BCUT2D eigenvalue weighted by Crippen LogP contribution is -2.12. The van der Waals surface area contributed by atoms with Gasteiger partial charge in [0.25, 0.3) is 0 Å². The summed E-state index contributed by atoms with van der Waals surface area (Å²) in [7, 11) is 4.05. The molecular formula is C20H20F3NS. The van der Waals surface area contributed by atoms with Crippen LogP contribution >= 0.6 is 11.8 Å². The van der Waals surface area contributed by atoms with Crippen molar-refractivity contribution >= 4 is 23.4 Å². The van der Waals surface area contributed by atoms with Gasteiger partial charge in [0.2, 0.25) is 0 Å². The van der Waals surface area contributed by atoms with Crippen molar-refractivity contribution in [1.29, 1.82) is 0 Å². The summed E-state index contributed by atoms with van der Waals surface area (Å²) in [5, 5.41) is 0. The minimum Gasteiger partial charge on any atom is -0.309 e. The van der Waals surface area contributed by atoms with Crippen LogP contribution < -0.4 is 0 Å². The van der Waals surface area contributed by atoms with Crippen molar-refractivity contribution in [3.05, 3.63) is 59.2 Å². The van der Waals surface area contributed by atoms with E-state index in [0.29, 0.717) is 5.56 Å². The highest BCUT2D eigenvalue weighted by Crippen LogP contribution is 2.43. The molecule has 25 heavy (non-hydrogen) atoms. The van der Waals surface area contributed by atoms with E-state index in [1.54, 1.807) is 6.07 Å². The first-order valence-corrected chi connectivity index (χ1v) is 9.00. The van der Waals surface area contributed by atoms with Crippen LogP contribution in [-0.4, -0.2) is 25.5 Å². The third kappa shape index (κ3) is 4.28. The van der Waals surface area contributed by atoms with E-state index in [4.69, 9.17) is 0 Å². The maximum absolute atomic E-state index is 13.1. The number of hydrogen-bond donors (Lipinski definition) is 0. The number of hydrogen-bond acceptors (Lipinski definition) is 2. The second-order valence-corrected chi connectivity index (χ2v) is 7.51. The molecule has 0 saturated carbocycles. The summed E-state index contributed by atoms with van der Waals surface area (Å²) in [4.78, 5) is 4.08. The Hall–Kier alpha value is -1.72.